The number of rotatable bonds is 7. The Bertz CT molecular complexity index is 1790. The zero-order valence-corrected chi connectivity index (χ0v) is 26.2. The van der Waals surface area contributed by atoms with Gasteiger partial charge in [0, 0.05) is 58.8 Å². The van der Waals surface area contributed by atoms with Gasteiger partial charge in [0.05, 0.1) is 34.1 Å². The number of hydrogen-bond donors (Lipinski definition) is 3. The summed E-state index contributed by atoms with van der Waals surface area (Å²) in [7, 11) is 3.83. The molecule has 0 spiro atoms. The average molecular weight is 651 g/mol. The van der Waals surface area contributed by atoms with Crippen molar-refractivity contribution in [2.45, 2.75) is 24.9 Å². The fourth-order valence-corrected chi connectivity index (χ4v) is 6.50. The molecule has 3 aromatic carbocycles. The number of amides is 1. The number of piperidine rings is 1. The lowest BCUT2D eigenvalue weighted by molar-refractivity contribution is 0.0611. The Hall–Kier alpha value is -3.96. The van der Waals surface area contributed by atoms with Crippen LogP contribution in [0.15, 0.2) is 65.8 Å². The summed E-state index contributed by atoms with van der Waals surface area (Å²) in [5.41, 5.74) is 3.01. The van der Waals surface area contributed by atoms with E-state index in [1.807, 2.05) is 19.0 Å². The van der Waals surface area contributed by atoms with Gasteiger partial charge in [-0.25, -0.2) is 18.7 Å². The number of carbonyl (C=O) groups is 1. The van der Waals surface area contributed by atoms with Gasteiger partial charge in [0.2, 0.25) is 5.95 Å². The molecule has 4 aromatic rings. The maximum atomic E-state index is 14.9. The van der Waals surface area contributed by atoms with Crippen molar-refractivity contribution >= 4 is 46.5 Å². The van der Waals surface area contributed by atoms with Gasteiger partial charge >= 0.3 is 0 Å². The number of fused-ring (bicyclic) bond motifs is 3. The minimum Gasteiger partial charge on any atom is -0.337 e. The largest absolute Gasteiger partial charge is 0.337 e. The van der Waals surface area contributed by atoms with Crippen LogP contribution in [0.3, 0.4) is 0 Å². The second kappa shape index (κ2) is 12.8. The molecular weight excluding hydrogens is 619 g/mol. The van der Waals surface area contributed by atoms with E-state index in [9.17, 15) is 13.6 Å². The van der Waals surface area contributed by atoms with Crippen LogP contribution in [0.2, 0.25) is 10.0 Å². The van der Waals surface area contributed by atoms with E-state index < -0.39 is 11.6 Å². The molecule has 1 saturated heterocycles. The highest BCUT2D eigenvalue weighted by atomic mass is 35.5. The Kier molecular flexibility index (Phi) is 8.83. The van der Waals surface area contributed by atoms with Gasteiger partial charge in [0.1, 0.15) is 11.6 Å². The first kappa shape index (κ1) is 31.0. The number of nitrogens with zero attached hydrogens (tertiary/aromatic N) is 4. The van der Waals surface area contributed by atoms with E-state index in [-0.39, 0.29) is 35.2 Å². The van der Waals surface area contributed by atoms with Crippen molar-refractivity contribution in [2.75, 3.05) is 39.0 Å². The molecule has 0 radical (unpaired) electrons. The van der Waals surface area contributed by atoms with Crippen LogP contribution in [0.25, 0.3) is 11.3 Å². The summed E-state index contributed by atoms with van der Waals surface area (Å²) in [6.45, 7) is 2.08. The van der Waals surface area contributed by atoms with Crippen LogP contribution in [0.4, 0.5) is 20.4 Å². The second-order valence-corrected chi connectivity index (χ2v) is 12.1. The molecule has 1 fully saturated rings. The quantitative estimate of drug-likeness (QED) is 0.220. The fraction of sp³-hybridized carbons (Fsp3) is 0.273. The molecule has 8 nitrogen and oxygen atoms in total. The van der Waals surface area contributed by atoms with Crippen molar-refractivity contribution in [3.63, 3.8) is 0 Å². The summed E-state index contributed by atoms with van der Waals surface area (Å²) in [6, 6.07) is 13.9. The Balaban J connectivity index is 1.27. The predicted molar refractivity (Wildman–Crippen MR) is 174 cm³/mol. The topological polar surface area (TPSA) is 94.5 Å². The molecule has 0 bridgehead atoms. The molecule has 6 rings (SSSR count). The third-order valence-electron chi connectivity index (χ3n) is 8.33. The van der Waals surface area contributed by atoms with Crippen LogP contribution < -0.4 is 16.0 Å². The van der Waals surface area contributed by atoms with Gasteiger partial charge in [-0.05, 0) is 69.4 Å². The fourth-order valence-electron chi connectivity index (χ4n) is 6.07. The molecule has 0 saturated carbocycles. The van der Waals surface area contributed by atoms with Crippen LogP contribution >= 0.6 is 23.2 Å². The number of anilines is 2. The van der Waals surface area contributed by atoms with E-state index in [4.69, 9.17) is 28.2 Å². The SMILES string of the molecule is CNCC1(NC)CCCN(C(=O)c2ccc(Nc3ncc4c(n3)-c3ccc(Cl)cc3C(c3c(F)cccc3F)=NC4)cc2Cl)C1. The van der Waals surface area contributed by atoms with Crippen LogP contribution in [0.5, 0.6) is 0 Å². The Morgan fingerprint density at radius 2 is 1.84 bits per heavy atom. The monoisotopic (exact) mass is 649 g/mol. The minimum absolute atomic E-state index is 0.104. The van der Waals surface area contributed by atoms with Crippen LogP contribution in [-0.4, -0.2) is 65.8 Å². The molecule has 1 unspecified atom stereocenters. The first-order valence-electron chi connectivity index (χ1n) is 14.6. The van der Waals surface area contributed by atoms with E-state index in [0.29, 0.717) is 56.8 Å². The molecule has 2 aliphatic heterocycles. The number of likely N-dealkylation sites (N-methyl/N-ethyl adjacent to an activating group) is 2. The van der Waals surface area contributed by atoms with Crippen molar-refractivity contribution < 1.29 is 13.6 Å². The minimum atomic E-state index is -0.725. The van der Waals surface area contributed by atoms with E-state index in [2.05, 4.69) is 25.9 Å². The maximum Gasteiger partial charge on any atom is 0.255 e. The first-order chi connectivity index (χ1) is 21.7. The molecule has 3 heterocycles. The van der Waals surface area contributed by atoms with Gasteiger partial charge in [0.15, 0.2) is 0 Å². The molecule has 2 aliphatic rings. The van der Waals surface area contributed by atoms with Crippen LogP contribution in [-0.2, 0) is 6.54 Å². The number of benzene rings is 3. The lowest BCUT2D eigenvalue weighted by Crippen LogP contribution is -2.61. The predicted octanol–water partition coefficient (Wildman–Crippen LogP) is 6.24. The normalized spacial score (nSPS) is 17.6. The van der Waals surface area contributed by atoms with Gasteiger partial charge in [-0.1, -0.05) is 35.3 Å². The highest BCUT2D eigenvalue weighted by Crippen LogP contribution is 2.35. The van der Waals surface area contributed by atoms with Crippen LogP contribution in [0, 0.1) is 11.6 Å². The standard InChI is InChI=1S/C33H31Cl2F2N7O/c1-38-17-33(39-2)11-4-12-44(18-33)31(45)23-10-8-21(14-25(23)35)42-32-41-16-19-15-40-30(28-26(36)5-3-6-27(28)37)24-13-20(34)7-9-22(24)29(19)43-32/h3,5-10,13-14,16,38-39H,4,11-12,15,17-18H2,1-2H3,(H,41,42,43). The van der Waals surface area contributed by atoms with Gasteiger partial charge in [-0.2, -0.15) is 0 Å². The maximum absolute atomic E-state index is 14.9. The summed E-state index contributed by atoms with van der Waals surface area (Å²) in [6.07, 6.45) is 3.48. The van der Waals surface area contributed by atoms with Crippen LogP contribution in [0.1, 0.15) is 39.9 Å². The van der Waals surface area contributed by atoms with E-state index in [1.54, 1.807) is 42.6 Å². The summed E-state index contributed by atoms with van der Waals surface area (Å²) in [5, 5.41) is 10.5. The number of likely N-dealkylation sites (tertiary alicyclic amines) is 1. The lowest BCUT2D eigenvalue weighted by atomic mass is 9.88. The molecule has 12 heteroatoms. The van der Waals surface area contributed by atoms with Crippen molar-refractivity contribution in [1.29, 1.82) is 0 Å². The number of carbonyl (C=O) groups excluding carboxylic acids is 1. The van der Waals surface area contributed by atoms with Gasteiger partial charge < -0.3 is 20.9 Å². The zero-order chi connectivity index (χ0) is 31.7. The third kappa shape index (κ3) is 6.15. The zero-order valence-electron chi connectivity index (χ0n) is 24.7. The highest BCUT2D eigenvalue weighted by Gasteiger charge is 2.36. The van der Waals surface area contributed by atoms with E-state index in [0.717, 1.165) is 19.4 Å². The number of hydrogen-bond acceptors (Lipinski definition) is 7. The number of halogens is 4. The van der Waals surface area contributed by atoms with Crippen molar-refractivity contribution in [2.24, 2.45) is 4.99 Å². The Morgan fingerprint density at radius 3 is 2.58 bits per heavy atom. The highest BCUT2D eigenvalue weighted by molar-refractivity contribution is 6.34. The number of aromatic nitrogens is 2. The third-order valence-corrected chi connectivity index (χ3v) is 8.88. The molecule has 3 N–H and O–H groups in total. The number of aliphatic imine (C=N–C) groups is 1. The van der Waals surface area contributed by atoms with Crippen molar-refractivity contribution in [3.05, 3.63) is 105 Å². The van der Waals surface area contributed by atoms with Gasteiger partial charge in [-0.15, -0.1) is 0 Å². The first-order valence-corrected chi connectivity index (χ1v) is 15.3. The summed E-state index contributed by atoms with van der Waals surface area (Å²) >= 11 is 13.0. The lowest BCUT2D eigenvalue weighted by Gasteiger charge is -2.43. The second-order valence-electron chi connectivity index (χ2n) is 11.2. The molecule has 232 valence electrons. The smallest absolute Gasteiger partial charge is 0.255 e. The molecule has 1 aromatic heterocycles. The molecule has 1 amide bonds. The van der Waals surface area contributed by atoms with Gasteiger partial charge in [0.25, 0.3) is 5.91 Å². The van der Waals surface area contributed by atoms with E-state index in [1.165, 1.54) is 18.2 Å². The molecule has 0 aliphatic carbocycles. The molecule has 1 atom stereocenters. The molecule has 45 heavy (non-hydrogen) atoms. The number of nitrogens with one attached hydrogen (secondary N) is 3. The van der Waals surface area contributed by atoms with Crippen molar-refractivity contribution in [3.8, 4) is 11.3 Å². The Morgan fingerprint density at radius 1 is 1.04 bits per heavy atom. The van der Waals surface area contributed by atoms with Gasteiger partial charge in [-0.3, -0.25) is 9.79 Å². The molecular formula is C33H31Cl2F2N7O. The summed E-state index contributed by atoms with van der Waals surface area (Å²) < 4.78 is 29.7. The van der Waals surface area contributed by atoms with Crippen molar-refractivity contribution in [1.82, 2.24) is 25.5 Å². The summed E-state index contributed by atoms with van der Waals surface area (Å²) in [5.74, 6) is -1.30. The van der Waals surface area contributed by atoms with E-state index >= 15 is 0 Å². The summed E-state index contributed by atoms with van der Waals surface area (Å²) in [4.78, 5) is 29.1. The average Bonchev–Trinajstić information content (AvgIpc) is 3.17. The Labute approximate surface area is 269 Å².